The summed E-state index contributed by atoms with van der Waals surface area (Å²) in [5.41, 5.74) is 6.08. The van der Waals surface area contributed by atoms with Crippen LogP contribution >= 0.6 is 0 Å². The summed E-state index contributed by atoms with van der Waals surface area (Å²) >= 11 is 0. The predicted octanol–water partition coefficient (Wildman–Crippen LogP) is 3.21. The number of pyridine rings is 2. The number of nitrogen functional groups attached to an aromatic ring is 1. The van der Waals surface area contributed by atoms with Crippen LogP contribution in [-0.2, 0) is 0 Å². The van der Waals surface area contributed by atoms with Crippen molar-refractivity contribution in [3.8, 4) is 17.2 Å². The molecule has 0 unspecified atom stereocenters. The van der Waals surface area contributed by atoms with Gasteiger partial charge in [0.2, 0.25) is 5.43 Å². The van der Waals surface area contributed by atoms with Crippen LogP contribution in [0.25, 0.3) is 22.0 Å². The second kappa shape index (κ2) is 6.60. The normalized spacial score (nSPS) is 13.3. The maximum Gasteiger partial charge on any atom is 0.322 e. The third-order valence-electron chi connectivity index (χ3n) is 5.09. The molecule has 1 aromatic carbocycles. The zero-order chi connectivity index (χ0) is 20.9. The van der Waals surface area contributed by atoms with E-state index < -0.39 is 17.2 Å². The number of hydrogen-bond donors (Lipinski definition) is 1. The molecule has 1 saturated carbocycles. The molecule has 29 heavy (non-hydrogen) atoms. The zero-order valence-corrected chi connectivity index (χ0v) is 15.3. The lowest BCUT2D eigenvalue weighted by atomic mass is 9.96. The Morgan fingerprint density at radius 1 is 1.41 bits per heavy atom. The van der Waals surface area contributed by atoms with Gasteiger partial charge in [-0.25, -0.2) is 9.37 Å². The summed E-state index contributed by atoms with van der Waals surface area (Å²) in [6.07, 6.45) is 4.34. The first-order valence-corrected chi connectivity index (χ1v) is 8.79. The maximum absolute atomic E-state index is 15.1. The van der Waals surface area contributed by atoms with Crippen molar-refractivity contribution in [3.05, 3.63) is 62.2 Å². The minimum Gasteiger partial charge on any atom is -0.383 e. The summed E-state index contributed by atoms with van der Waals surface area (Å²) in [7, 11) is 0. The first kappa shape index (κ1) is 18.4. The van der Waals surface area contributed by atoms with E-state index in [1.807, 2.05) is 6.07 Å². The average Bonchev–Trinajstić information content (AvgIpc) is 3.54. The van der Waals surface area contributed by atoms with Gasteiger partial charge in [-0.1, -0.05) is 0 Å². The molecular formula is C20H14FN5O3. The second-order valence-corrected chi connectivity index (χ2v) is 6.93. The Kier molecular flexibility index (Phi) is 4.19. The summed E-state index contributed by atoms with van der Waals surface area (Å²) in [6, 6.07) is 4.43. The molecule has 0 spiro atoms. The first-order chi connectivity index (χ1) is 13.9. The number of halogens is 1. The lowest BCUT2D eigenvalue weighted by molar-refractivity contribution is 0.0999. The van der Waals surface area contributed by atoms with E-state index in [2.05, 4.69) is 10.2 Å². The van der Waals surface area contributed by atoms with Gasteiger partial charge in [0.15, 0.2) is 0 Å². The van der Waals surface area contributed by atoms with Crippen molar-refractivity contribution >= 4 is 22.6 Å². The summed E-state index contributed by atoms with van der Waals surface area (Å²) in [4.78, 5) is 39.2. The van der Waals surface area contributed by atoms with Crippen molar-refractivity contribution in [1.29, 1.82) is 5.26 Å². The van der Waals surface area contributed by atoms with Crippen LogP contribution in [0.1, 0.15) is 40.4 Å². The second-order valence-electron chi connectivity index (χ2n) is 6.93. The van der Waals surface area contributed by atoms with Gasteiger partial charge in [-0.2, -0.15) is 5.26 Å². The van der Waals surface area contributed by atoms with Gasteiger partial charge in [0.25, 0.3) is 0 Å². The standard InChI is InChI=1S/C20H14FN5O3/c1-9-16(11-4-10(6-22)19(23)24-7-11)15(21)5-13-17(9)26(12-2-3-12)8-14(18(13)27)20(28)25-29/h4-5,7-8,12H,2-3H2,1H3,(H2,23,24). The maximum atomic E-state index is 15.1. The largest absolute Gasteiger partial charge is 0.383 e. The number of aryl methyl sites for hydroxylation is 1. The van der Waals surface area contributed by atoms with Gasteiger partial charge in [0.1, 0.15) is 23.3 Å². The fourth-order valence-corrected chi connectivity index (χ4v) is 3.58. The van der Waals surface area contributed by atoms with Crippen LogP contribution in [0.4, 0.5) is 10.2 Å². The van der Waals surface area contributed by atoms with Crippen molar-refractivity contribution in [3.63, 3.8) is 0 Å². The van der Waals surface area contributed by atoms with Crippen LogP contribution in [-0.4, -0.2) is 15.5 Å². The van der Waals surface area contributed by atoms with Gasteiger partial charge in [-0.15, -0.1) is 4.91 Å². The SMILES string of the molecule is Cc1c(-c2cnc(N)c(C#N)c2)c(F)cc2c(=O)c(C(=O)N=O)cn(C3CC3)c12. The van der Waals surface area contributed by atoms with Crippen LogP contribution in [0.2, 0.25) is 0 Å². The van der Waals surface area contributed by atoms with E-state index in [0.29, 0.717) is 16.6 Å². The molecule has 0 bridgehead atoms. The first-order valence-electron chi connectivity index (χ1n) is 8.79. The fraction of sp³-hybridized carbons (Fsp3) is 0.200. The number of benzene rings is 1. The Balaban J connectivity index is 2.09. The molecule has 9 heteroatoms. The van der Waals surface area contributed by atoms with E-state index in [1.165, 1.54) is 18.5 Å². The topological polar surface area (TPSA) is 131 Å². The Hall–Kier alpha value is -3.93. The molecule has 1 amide bonds. The fourth-order valence-electron chi connectivity index (χ4n) is 3.58. The number of aromatic nitrogens is 2. The minimum absolute atomic E-state index is 0.00550. The number of rotatable bonds is 3. The Bertz CT molecular complexity index is 1320. The smallest absolute Gasteiger partial charge is 0.322 e. The van der Waals surface area contributed by atoms with Crippen LogP contribution in [0.5, 0.6) is 0 Å². The van der Waals surface area contributed by atoms with E-state index in [9.17, 15) is 19.8 Å². The molecule has 1 aliphatic rings. The molecule has 0 radical (unpaired) electrons. The van der Waals surface area contributed by atoms with E-state index in [0.717, 1.165) is 18.9 Å². The number of nitrogens with two attached hydrogens (primary N) is 1. The monoisotopic (exact) mass is 391 g/mol. The molecule has 3 aromatic rings. The summed E-state index contributed by atoms with van der Waals surface area (Å²) in [5.74, 6) is -1.86. The highest BCUT2D eigenvalue weighted by Crippen LogP contribution is 2.40. The van der Waals surface area contributed by atoms with Gasteiger partial charge in [0.05, 0.1) is 11.1 Å². The molecule has 0 atom stereocenters. The van der Waals surface area contributed by atoms with Gasteiger partial charge < -0.3 is 10.3 Å². The number of amides is 1. The van der Waals surface area contributed by atoms with E-state index in [1.54, 1.807) is 11.5 Å². The number of nitriles is 1. The highest BCUT2D eigenvalue weighted by Gasteiger charge is 2.29. The van der Waals surface area contributed by atoms with Crippen molar-refractivity contribution in [1.82, 2.24) is 9.55 Å². The predicted molar refractivity (Wildman–Crippen MR) is 104 cm³/mol. The van der Waals surface area contributed by atoms with Crippen LogP contribution in [0, 0.1) is 29.0 Å². The third-order valence-corrected chi connectivity index (χ3v) is 5.09. The van der Waals surface area contributed by atoms with Crippen LogP contribution < -0.4 is 11.2 Å². The van der Waals surface area contributed by atoms with E-state index >= 15 is 4.39 Å². The number of fused-ring (bicyclic) bond motifs is 1. The zero-order valence-electron chi connectivity index (χ0n) is 15.3. The number of anilines is 1. The molecule has 2 heterocycles. The number of nitroso groups, excluding NO2 is 1. The van der Waals surface area contributed by atoms with Crippen molar-refractivity contribution in [2.75, 3.05) is 5.73 Å². The highest BCUT2D eigenvalue weighted by atomic mass is 19.1. The number of carbonyl (C=O) groups is 1. The Morgan fingerprint density at radius 3 is 2.76 bits per heavy atom. The molecule has 0 saturated heterocycles. The lowest BCUT2D eigenvalue weighted by Gasteiger charge is -2.17. The molecular weight excluding hydrogens is 377 g/mol. The van der Waals surface area contributed by atoms with E-state index in [4.69, 9.17) is 5.73 Å². The Labute approximate surface area is 163 Å². The molecule has 2 aromatic heterocycles. The molecule has 0 aliphatic heterocycles. The summed E-state index contributed by atoms with van der Waals surface area (Å²) < 4.78 is 16.8. The lowest BCUT2D eigenvalue weighted by Crippen LogP contribution is -2.19. The van der Waals surface area contributed by atoms with E-state index in [-0.39, 0.29) is 33.9 Å². The third kappa shape index (κ3) is 2.86. The van der Waals surface area contributed by atoms with Crippen molar-refractivity contribution in [2.24, 2.45) is 5.18 Å². The van der Waals surface area contributed by atoms with Crippen LogP contribution in [0.3, 0.4) is 0 Å². The van der Waals surface area contributed by atoms with Crippen LogP contribution in [0.15, 0.2) is 34.5 Å². The minimum atomic E-state index is -1.19. The molecule has 144 valence electrons. The number of hydrogen-bond acceptors (Lipinski definition) is 6. The van der Waals surface area contributed by atoms with Gasteiger partial charge in [-0.3, -0.25) is 9.59 Å². The number of nitrogens with zero attached hydrogens (tertiary/aromatic N) is 4. The Morgan fingerprint density at radius 2 is 2.14 bits per heavy atom. The summed E-state index contributed by atoms with van der Waals surface area (Å²) in [6.45, 7) is 1.65. The number of carbonyl (C=O) groups excluding carboxylic acids is 1. The van der Waals surface area contributed by atoms with Crippen molar-refractivity contribution in [2.45, 2.75) is 25.8 Å². The molecule has 4 rings (SSSR count). The highest BCUT2D eigenvalue weighted by molar-refractivity contribution is 5.99. The van der Waals surface area contributed by atoms with Gasteiger partial charge >= 0.3 is 5.91 Å². The molecule has 8 nitrogen and oxygen atoms in total. The van der Waals surface area contributed by atoms with Gasteiger partial charge in [-0.05, 0) is 37.5 Å². The molecule has 2 N–H and O–H groups in total. The van der Waals surface area contributed by atoms with Crippen molar-refractivity contribution < 1.29 is 9.18 Å². The average molecular weight is 391 g/mol. The van der Waals surface area contributed by atoms with Gasteiger partial charge in [0, 0.05) is 40.1 Å². The quantitative estimate of drug-likeness (QED) is 0.682. The molecule has 1 fully saturated rings. The molecule has 1 aliphatic carbocycles. The summed E-state index contributed by atoms with van der Waals surface area (Å²) in [5, 5.41) is 11.5.